The van der Waals surface area contributed by atoms with Gasteiger partial charge < -0.3 is 15.7 Å². The Hall–Kier alpha value is -0.340. The van der Waals surface area contributed by atoms with Crippen molar-refractivity contribution in [2.75, 3.05) is 19.6 Å². The SMILES string of the molecule is CCNC(=NCC1(O)CCC1)NCCc1cccs1.I. The molecule has 0 aromatic carbocycles. The molecule has 20 heavy (non-hydrogen) atoms. The summed E-state index contributed by atoms with van der Waals surface area (Å²) in [5.74, 6) is 0.805. The number of halogens is 1. The summed E-state index contributed by atoms with van der Waals surface area (Å²) in [5.41, 5.74) is -0.546. The predicted octanol–water partition coefficient (Wildman–Crippen LogP) is 2.38. The van der Waals surface area contributed by atoms with Gasteiger partial charge in [0.1, 0.15) is 0 Å². The van der Waals surface area contributed by atoms with Crippen LogP contribution in [0.5, 0.6) is 0 Å². The molecule has 1 aliphatic rings. The quantitative estimate of drug-likeness (QED) is 0.384. The summed E-state index contributed by atoms with van der Waals surface area (Å²) in [6.07, 6.45) is 3.89. The Balaban J connectivity index is 0.00000200. The van der Waals surface area contributed by atoms with Crippen molar-refractivity contribution in [3.8, 4) is 0 Å². The highest BCUT2D eigenvalue weighted by atomic mass is 127. The third-order valence-electron chi connectivity index (χ3n) is 3.40. The fraction of sp³-hybridized carbons (Fsp3) is 0.643. The van der Waals surface area contributed by atoms with E-state index in [-0.39, 0.29) is 24.0 Å². The van der Waals surface area contributed by atoms with E-state index in [2.05, 4.69) is 40.1 Å². The summed E-state index contributed by atoms with van der Waals surface area (Å²) >= 11 is 1.78. The van der Waals surface area contributed by atoms with Gasteiger partial charge in [0, 0.05) is 18.0 Å². The van der Waals surface area contributed by atoms with E-state index < -0.39 is 5.60 Å². The summed E-state index contributed by atoms with van der Waals surface area (Å²) in [6, 6.07) is 4.22. The van der Waals surface area contributed by atoms with Crippen LogP contribution in [0.4, 0.5) is 0 Å². The highest BCUT2D eigenvalue weighted by molar-refractivity contribution is 14.0. The van der Waals surface area contributed by atoms with Crippen molar-refractivity contribution in [3.05, 3.63) is 22.4 Å². The van der Waals surface area contributed by atoms with Crippen molar-refractivity contribution in [2.24, 2.45) is 4.99 Å². The van der Waals surface area contributed by atoms with Crippen LogP contribution in [0.3, 0.4) is 0 Å². The number of thiophene rings is 1. The molecule has 0 atom stereocenters. The van der Waals surface area contributed by atoms with Gasteiger partial charge in [-0.2, -0.15) is 0 Å². The Morgan fingerprint density at radius 3 is 2.80 bits per heavy atom. The fourth-order valence-corrected chi connectivity index (χ4v) is 2.78. The van der Waals surface area contributed by atoms with Crippen LogP contribution in [0.15, 0.2) is 22.5 Å². The summed E-state index contributed by atoms with van der Waals surface area (Å²) in [4.78, 5) is 5.85. The molecule has 0 saturated heterocycles. The molecule has 6 heteroatoms. The van der Waals surface area contributed by atoms with Crippen LogP contribution >= 0.6 is 35.3 Å². The minimum Gasteiger partial charge on any atom is -0.388 e. The lowest BCUT2D eigenvalue weighted by atomic mass is 9.80. The maximum Gasteiger partial charge on any atom is 0.191 e. The van der Waals surface area contributed by atoms with Crippen molar-refractivity contribution in [1.82, 2.24) is 10.6 Å². The van der Waals surface area contributed by atoms with Crippen LogP contribution in [0.25, 0.3) is 0 Å². The third-order valence-corrected chi connectivity index (χ3v) is 4.34. The van der Waals surface area contributed by atoms with E-state index in [1.165, 1.54) is 4.88 Å². The zero-order valence-corrected chi connectivity index (χ0v) is 15.0. The van der Waals surface area contributed by atoms with Crippen LogP contribution in [0.2, 0.25) is 0 Å². The first-order valence-corrected chi connectivity index (χ1v) is 7.87. The summed E-state index contributed by atoms with van der Waals surface area (Å²) in [5, 5.41) is 18.7. The average molecular weight is 409 g/mol. The van der Waals surface area contributed by atoms with Crippen LogP contribution in [0, 0.1) is 0 Å². The maximum absolute atomic E-state index is 10.0. The van der Waals surface area contributed by atoms with Gasteiger partial charge in [-0.25, -0.2) is 0 Å². The van der Waals surface area contributed by atoms with E-state index in [1.807, 2.05) is 0 Å². The smallest absolute Gasteiger partial charge is 0.191 e. The van der Waals surface area contributed by atoms with Gasteiger partial charge in [-0.1, -0.05) is 6.07 Å². The Morgan fingerprint density at radius 2 is 2.25 bits per heavy atom. The number of nitrogens with one attached hydrogen (secondary N) is 2. The highest BCUT2D eigenvalue weighted by Gasteiger charge is 2.34. The average Bonchev–Trinajstić information content (AvgIpc) is 2.87. The Morgan fingerprint density at radius 1 is 1.45 bits per heavy atom. The van der Waals surface area contributed by atoms with E-state index >= 15 is 0 Å². The van der Waals surface area contributed by atoms with Crippen molar-refractivity contribution in [3.63, 3.8) is 0 Å². The van der Waals surface area contributed by atoms with Gasteiger partial charge in [-0.15, -0.1) is 35.3 Å². The lowest BCUT2D eigenvalue weighted by Crippen LogP contribution is -2.43. The number of aliphatic imine (C=N–C) groups is 1. The first-order valence-electron chi connectivity index (χ1n) is 6.99. The molecule has 1 fully saturated rings. The first kappa shape index (κ1) is 17.7. The Labute approximate surface area is 142 Å². The monoisotopic (exact) mass is 409 g/mol. The van der Waals surface area contributed by atoms with Crippen LogP contribution < -0.4 is 10.6 Å². The van der Waals surface area contributed by atoms with E-state index in [0.29, 0.717) is 6.54 Å². The van der Waals surface area contributed by atoms with Gasteiger partial charge in [-0.3, -0.25) is 4.99 Å². The molecule has 114 valence electrons. The second-order valence-electron chi connectivity index (χ2n) is 5.03. The minimum atomic E-state index is -0.546. The van der Waals surface area contributed by atoms with E-state index in [0.717, 1.165) is 44.7 Å². The molecule has 0 unspecified atom stereocenters. The van der Waals surface area contributed by atoms with E-state index in [1.54, 1.807) is 11.3 Å². The molecule has 1 aromatic heterocycles. The molecule has 0 radical (unpaired) electrons. The second-order valence-corrected chi connectivity index (χ2v) is 6.06. The molecule has 1 saturated carbocycles. The van der Waals surface area contributed by atoms with Crippen molar-refractivity contribution in [2.45, 2.75) is 38.2 Å². The molecule has 2 rings (SSSR count). The van der Waals surface area contributed by atoms with Gasteiger partial charge in [0.05, 0.1) is 12.1 Å². The molecule has 0 aliphatic heterocycles. The summed E-state index contributed by atoms with van der Waals surface area (Å²) < 4.78 is 0. The Bertz CT molecular complexity index is 405. The van der Waals surface area contributed by atoms with Crippen molar-refractivity contribution >= 4 is 41.3 Å². The molecule has 3 N–H and O–H groups in total. The lowest BCUT2D eigenvalue weighted by Gasteiger charge is -2.35. The molecule has 4 nitrogen and oxygen atoms in total. The van der Waals surface area contributed by atoms with Crippen molar-refractivity contribution in [1.29, 1.82) is 0 Å². The number of guanidine groups is 1. The molecule has 1 heterocycles. The second kappa shape index (κ2) is 8.84. The maximum atomic E-state index is 10.0. The van der Waals surface area contributed by atoms with Crippen LogP contribution in [-0.2, 0) is 6.42 Å². The van der Waals surface area contributed by atoms with E-state index in [9.17, 15) is 5.11 Å². The number of rotatable bonds is 6. The van der Waals surface area contributed by atoms with Crippen molar-refractivity contribution < 1.29 is 5.11 Å². The number of nitrogens with zero attached hydrogens (tertiary/aromatic N) is 1. The molecule has 1 aliphatic carbocycles. The normalized spacial score (nSPS) is 17.0. The highest BCUT2D eigenvalue weighted by Crippen LogP contribution is 2.31. The number of aliphatic hydroxyl groups is 1. The van der Waals surface area contributed by atoms with Crippen LogP contribution in [0.1, 0.15) is 31.1 Å². The standard InChI is InChI=1S/C14H23N3OS.HI/c1-2-15-13(17-11-14(18)7-4-8-14)16-9-6-12-5-3-10-19-12;/h3,5,10,18H,2,4,6-9,11H2,1H3,(H2,15,16,17);1H. The first-order chi connectivity index (χ1) is 9.22. The minimum absolute atomic E-state index is 0. The van der Waals surface area contributed by atoms with Gasteiger partial charge in [0.25, 0.3) is 0 Å². The van der Waals surface area contributed by atoms with Gasteiger partial charge in [0.2, 0.25) is 0 Å². The summed E-state index contributed by atoms with van der Waals surface area (Å²) in [6.45, 7) is 4.25. The lowest BCUT2D eigenvalue weighted by molar-refractivity contribution is -0.0236. The van der Waals surface area contributed by atoms with Crippen LogP contribution in [-0.4, -0.2) is 36.3 Å². The predicted molar refractivity (Wildman–Crippen MR) is 96.2 cm³/mol. The molecule has 0 amide bonds. The molecule has 0 spiro atoms. The molecule has 0 bridgehead atoms. The topological polar surface area (TPSA) is 56.7 Å². The van der Waals surface area contributed by atoms with Gasteiger partial charge in [0.15, 0.2) is 5.96 Å². The summed E-state index contributed by atoms with van der Waals surface area (Å²) in [7, 11) is 0. The molecular formula is C14H24IN3OS. The number of hydrogen-bond donors (Lipinski definition) is 3. The fourth-order valence-electron chi connectivity index (χ4n) is 2.07. The Kier molecular flexibility index (Phi) is 7.83. The largest absolute Gasteiger partial charge is 0.388 e. The van der Waals surface area contributed by atoms with Gasteiger partial charge in [-0.05, 0) is 44.1 Å². The molecule has 1 aromatic rings. The van der Waals surface area contributed by atoms with E-state index in [4.69, 9.17) is 0 Å². The molecular weight excluding hydrogens is 385 g/mol. The zero-order valence-electron chi connectivity index (χ0n) is 11.9. The zero-order chi connectivity index (χ0) is 13.6. The van der Waals surface area contributed by atoms with Gasteiger partial charge >= 0.3 is 0 Å². The third kappa shape index (κ3) is 5.57. The number of hydrogen-bond acceptors (Lipinski definition) is 3.